The first-order valence-corrected chi connectivity index (χ1v) is 2.82. The fraction of sp³-hybridized carbons (Fsp3) is 0.800. The molecule has 0 aromatic heterocycles. The van der Waals surface area contributed by atoms with Crippen molar-refractivity contribution in [1.29, 1.82) is 0 Å². The molecule has 1 heterocycles. The second-order valence-electron chi connectivity index (χ2n) is 2.11. The molecule has 0 radical (unpaired) electrons. The van der Waals surface area contributed by atoms with E-state index in [1.54, 1.807) is 0 Å². The molecule has 10 heavy (non-hydrogen) atoms. The number of aliphatic hydroxyl groups is 3. The molecule has 0 spiro atoms. The van der Waals surface area contributed by atoms with Gasteiger partial charge in [-0.1, -0.05) is 0 Å². The average molecular weight is 148 g/mol. The van der Waals surface area contributed by atoms with Gasteiger partial charge in [-0.05, 0) is 0 Å². The molecule has 5 nitrogen and oxygen atoms in total. The second kappa shape index (κ2) is 2.63. The van der Waals surface area contributed by atoms with Crippen LogP contribution in [0, 0.1) is 0 Å². The molecule has 4 atom stereocenters. The zero-order valence-corrected chi connectivity index (χ0v) is 5.04. The van der Waals surface area contributed by atoms with E-state index < -0.39 is 24.6 Å². The van der Waals surface area contributed by atoms with Crippen LogP contribution in [-0.4, -0.2) is 46.2 Å². The summed E-state index contributed by atoms with van der Waals surface area (Å²) in [6, 6.07) is 0. The van der Waals surface area contributed by atoms with Crippen molar-refractivity contribution < 1.29 is 24.9 Å². The first kappa shape index (κ1) is 7.62. The number of hydrogen-bond acceptors (Lipinski definition) is 5. The maximum absolute atomic E-state index is 10.0. The van der Waals surface area contributed by atoms with Gasteiger partial charge in [0.25, 0.3) is 0 Å². The summed E-state index contributed by atoms with van der Waals surface area (Å²) in [5.41, 5.74) is 0. The van der Waals surface area contributed by atoms with Crippen LogP contribution in [0.4, 0.5) is 0 Å². The molecule has 1 aliphatic heterocycles. The molecule has 1 saturated heterocycles. The third kappa shape index (κ3) is 1.04. The van der Waals surface area contributed by atoms with Gasteiger partial charge in [0.15, 0.2) is 12.6 Å². The summed E-state index contributed by atoms with van der Waals surface area (Å²) in [5.74, 6) is 0. The van der Waals surface area contributed by atoms with Crippen LogP contribution in [0.15, 0.2) is 0 Å². The summed E-state index contributed by atoms with van der Waals surface area (Å²) in [7, 11) is 0. The summed E-state index contributed by atoms with van der Waals surface area (Å²) in [4.78, 5) is 10.0. The Hall–Kier alpha value is -0.490. The Morgan fingerprint density at radius 2 is 1.80 bits per heavy atom. The molecular formula is C5H8O5. The molecule has 3 N–H and O–H groups in total. The summed E-state index contributed by atoms with van der Waals surface area (Å²) in [6.45, 7) is 0. The van der Waals surface area contributed by atoms with Crippen molar-refractivity contribution in [2.45, 2.75) is 24.6 Å². The van der Waals surface area contributed by atoms with E-state index in [1.165, 1.54) is 0 Å². The molecule has 5 heteroatoms. The van der Waals surface area contributed by atoms with Crippen LogP contribution >= 0.6 is 0 Å². The van der Waals surface area contributed by atoms with Crippen LogP contribution in [0.5, 0.6) is 0 Å². The quantitative estimate of drug-likeness (QED) is 0.361. The van der Waals surface area contributed by atoms with Crippen LogP contribution in [0.3, 0.4) is 0 Å². The zero-order valence-electron chi connectivity index (χ0n) is 5.04. The topological polar surface area (TPSA) is 87.0 Å². The largest absolute Gasteiger partial charge is 0.387 e. The lowest BCUT2D eigenvalue weighted by Crippen LogP contribution is -2.32. The molecule has 0 aromatic carbocycles. The summed E-state index contributed by atoms with van der Waals surface area (Å²) < 4.78 is 4.42. The molecule has 1 rings (SSSR count). The van der Waals surface area contributed by atoms with Crippen molar-refractivity contribution >= 4 is 6.29 Å². The second-order valence-corrected chi connectivity index (χ2v) is 2.11. The van der Waals surface area contributed by atoms with Crippen molar-refractivity contribution in [1.82, 2.24) is 0 Å². The predicted molar refractivity (Wildman–Crippen MR) is 29.0 cm³/mol. The highest BCUT2D eigenvalue weighted by Gasteiger charge is 2.41. The molecule has 1 aliphatic rings. The van der Waals surface area contributed by atoms with Gasteiger partial charge in [0.1, 0.15) is 18.3 Å². The first-order chi connectivity index (χ1) is 4.66. The van der Waals surface area contributed by atoms with E-state index in [1.807, 2.05) is 0 Å². The number of carbonyl (C=O) groups excluding carboxylic acids is 1. The van der Waals surface area contributed by atoms with Crippen LogP contribution in [-0.2, 0) is 9.53 Å². The van der Waals surface area contributed by atoms with E-state index in [9.17, 15) is 4.79 Å². The van der Waals surface area contributed by atoms with E-state index in [4.69, 9.17) is 15.3 Å². The Labute approximate surface area is 56.9 Å². The smallest absolute Gasteiger partial charge is 0.184 e. The van der Waals surface area contributed by atoms with Gasteiger partial charge in [-0.25, -0.2) is 0 Å². The van der Waals surface area contributed by atoms with Gasteiger partial charge in [-0.15, -0.1) is 0 Å². The zero-order chi connectivity index (χ0) is 7.72. The summed E-state index contributed by atoms with van der Waals surface area (Å²) >= 11 is 0. The van der Waals surface area contributed by atoms with Crippen LogP contribution in [0.25, 0.3) is 0 Å². The molecule has 58 valence electrons. The summed E-state index contributed by atoms with van der Waals surface area (Å²) in [6.07, 6.45) is -4.91. The number of aliphatic hydroxyl groups excluding tert-OH is 3. The minimum Gasteiger partial charge on any atom is -0.387 e. The van der Waals surface area contributed by atoms with E-state index in [-0.39, 0.29) is 0 Å². The number of aldehydes is 1. The van der Waals surface area contributed by atoms with Crippen molar-refractivity contribution in [2.75, 3.05) is 0 Å². The fourth-order valence-electron chi connectivity index (χ4n) is 0.798. The SMILES string of the molecule is O=C[C@H]1OC(O)[C@H](O)[C@H]1O. The highest BCUT2D eigenvalue weighted by atomic mass is 16.6. The van der Waals surface area contributed by atoms with Crippen LogP contribution < -0.4 is 0 Å². The van der Waals surface area contributed by atoms with Gasteiger partial charge < -0.3 is 24.9 Å². The fourth-order valence-corrected chi connectivity index (χ4v) is 0.798. The van der Waals surface area contributed by atoms with Crippen LogP contribution in [0.1, 0.15) is 0 Å². The lowest BCUT2D eigenvalue weighted by molar-refractivity contribution is -0.140. The van der Waals surface area contributed by atoms with E-state index in [0.29, 0.717) is 6.29 Å². The average Bonchev–Trinajstić information content (AvgIpc) is 2.17. The Bertz CT molecular complexity index is 136. The third-order valence-corrected chi connectivity index (χ3v) is 1.41. The van der Waals surface area contributed by atoms with Crippen LogP contribution in [0.2, 0.25) is 0 Å². The summed E-state index contributed by atoms with van der Waals surface area (Å²) in [5, 5.41) is 26.3. The van der Waals surface area contributed by atoms with Gasteiger partial charge in [0.05, 0.1) is 0 Å². The monoisotopic (exact) mass is 148 g/mol. The minimum absolute atomic E-state index is 0.337. The molecule has 0 aromatic rings. The van der Waals surface area contributed by atoms with E-state index in [2.05, 4.69) is 4.74 Å². The Morgan fingerprint density at radius 3 is 2.00 bits per heavy atom. The lowest BCUT2D eigenvalue weighted by atomic mass is 10.1. The number of hydrogen-bond donors (Lipinski definition) is 3. The first-order valence-electron chi connectivity index (χ1n) is 2.82. The molecule has 1 fully saturated rings. The Balaban J connectivity index is 2.61. The molecule has 1 unspecified atom stereocenters. The standard InChI is InChI=1S/C5H8O5/c6-1-2-3(7)4(8)5(9)10-2/h1-5,7-9H/t2-,3+,4-,5?/m1/s1. The number of rotatable bonds is 1. The normalized spacial score (nSPS) is 47.5. The molecule has 0 aliphatic carbocycles. The molecule has 0 saturated carbocycles. The van der Waals surface area contributed by atoms with Gasteiger partial charge in [0.2, 0.25) is 0 Å². The number of carbonyl (C=O) groups is 1. The lowest BCUT2D eigenvalue weighted by Gasteiger charge is -2.06. The predicted octanol–water partition coefficient (Wildman–Crippen LogP) is -2.38. The van der Waals surface area contributed by atoms with Crippen molar-refractivity contribution in [3.8, 4) is 0 Å². The molecular weight excluding hydrogens is 140 g/mol. The maximum atomic E-state index is 10.0. The highest BCUT2D eigenvalue weighted by molar-refractivity contribution is 5.58. The molecule has 0 amide bonds. The van der Waals surface area contributed by atoms with Gasteiger partial charge >= 0.3 is 0 Å². The maximum Gasteiger partial charge on any atom is 0.184 e. The molecule has 0 bridgehead atoms. The minimum atomic E-state index is -1.45. The van der Waals surface area contributed by atoms with Gasteiger partial charge in [-0.2, -0.15) is 0 Å². The van der Waals surface area contributed by atoms with E-state index in [0.717, 1.165) is 0 Å². The highest BCUT2D eigenvalue weighted by Crippen LogP contribution is 2.17. The third-order valence-electron chi connectivity index (χ3n) is 1.41. The Morgan fingerprint density at radius 1 is 1.20 bits per heavy atom. The van der Waals surface area contributed by atoms with Crippen molar-refractivity contribution in [2.24, 2.45) is 0 Å². The number of ether oxygens (including phenoxy) is 1. The van der Waals surface area contributed by atoms with Gasteiger partial charge in [-0.3, -0.25) is 0 Å². The van der Waals surface area contributed by atoms with Crippen molar-refractivity contribution in [3.63, 3.8) is 0 Å². The van der Waals surface area contributed by atoms with Gasteiger partial charge in [0, 0.05) is 0 Å². The van der Waals surface area contributed by atoms with Crippen molar-refractivity contribution in [3.05, 3.63) is 0 Å². The van der Waals surface area contributed by atoms with E-state index >= 15 is 0 Å². The Kier molecular flexibility index (Phi) is 2.00.